The molecule has 0 spiro atoms. The molecule has 3 aromatic rings. The van der Waals surface area contributed by atoms with Gasteiger partial charge in [0, 0.05) is 34.0 Å². The Morgan fingerprint density at radius 1 is 0.673 bits per heavy atom. The first-order valence-corrected chi connectivity index (χ1v) is 20.7. The molecule has 306 valence electrons. The molecule has 2 atom stereocenters. The first-order chi connectivity index (χ1) is 25.3. The van der Waals surface area contributed by atoms with Gasteiger partial charge in [-0.2, -0.15) is 0 Å². The first-order valence-electron chi connectivity index (χ1n) is 20.7. The lowest BCUT2D eigenvalue weighted by Crippen LogP contribution is -2.44. The van der Waals surface area contributed by atoms with Gasteiger partial charge in [-0.25, -0.2) is 4.39 Å². The Morgan fingerprint density at radius 3 is 1.38 bits per heavy atom. The molecular formula is C49H74FNO4. The fourth-order valence-corrected chi connectivity index (χ4v) is 7.07. The van der Waals surface area contributed by atoms with Crippen LogP contribution in [0.15, 0.2) is 47.5 Å². The van der Waals surface area contributed by atoms with Gasteiger partial charge in [-0.1, -0.05) is 136 Å². The van der Waals surface area contributed by atoms with Crippen molar-refractivity contribution in [2.45, 2.75) is 176 Å². The lowest BCUT2D eigenvalue weighted by molar-refractivity contribution is 0.0323. The third-order valence-electron chi connectivity index (χ3n) is 10.8. The molecule has 0 radical (unpaired) electrons. The maximum Gasteiger partial charge on any atom is 0.165 e. The zero-order valence-corrected chi connectivity index (χ0v) is 37.3. The van der Waals surface area contributed by atoms with Gasteiger partial charge in [-0.15, -0.1) is 0 Å². The molecule has 0 saturated heterocycles. The molecule has 0 aromatic heterocycles. The second-order valence-electron chi connectivity index (χ2n) is 19.8. The van der Waals surface area contributed by atoms with Gasteiger partial charge in [-0.05, 0) is 87.9 Å². The minimum absolute atomic E-state index is 0.134. The van der Waals surface area contributed by atoms with Crippen LogP contribution in [0.2, 0.25) is 0 Å². The van der Waals surface area contributed by atoms with Crippen LogP contribution in [-0.4, -0.2) is 35.7 Å². The van der Waals surface area contributed by atoms with Crippen LogP contribution in [-0.2, 0) is 27.3 Å². The van der Waals surface area contributed by atoms with E-state index in [2.05, 4.69) is 135 Å². The fourth-order valence-electron chi connectivity index (χ4n) is 7.07. The molecule has 0 aliphatic rings. The first kappa shape index (κ1) is 46.0. The van der Waals surface area contributed by atoms with Gasteiger partial charge in [0.05, 0.1) is 19.3 Å². The molecule has 0 aliphatic carbocycles. The summed E-state index contributed by atoms with van der Waals surface area (Å²) < 4.78 is 28.0. The predicted octanol–water partition coefficient (Wildman–Crippen LogP) is 12.8. The van der Waals surface area contributed by atoms with Crippen LogP contribution in [0.25, 0.3) is 0 Å². The number of phenols is 1. The summed E-state index contributed by atoms with van der Waals surface area (Å²) in [5.74, 6) is 0.433. The van der Waals surface area contributed by atoms with Crippen LogP contribution >= 0.6 is 0 Å². The summed E-state index contributed by atoms with van der Waals surface area (Å²) in [6.07, 6.45) is 6.16. The van der Waals surface area contributed by atoms with Gasteiger partial charge in [0.25, 0.3) is 0 Å². The lowest BCUT2D eigenvalue weighted by Gasteiger charge is -2.42. The molecule has 0 heterocycles. The fraction of sp³-hybridized carbons (Fsp3) is 0.612. The predicted molar refractivity (Wildman–Crippen MR) is 230 cm³/mol. The van der Waals surface area contributed by atoms with Crippen molar-refractivity contribution < 1.29 is 24.1 Å². The van der Waals surface area contributed by atoms with Crippen molar-refractivity contribution in [2.24, 2.45) is 10.9 Å². The highest BCUT2D eigenvalue weighted by atomic mass is 19.1. The second-order valence-corrected chi connectivity index (χ2v) is 19.8. The Kier molecular flexibility index (Phi) is 14.9. The molecule has 3 rings (SSSR count). The number of nitrogens with zero attached hydrogens (tertiary/aromatic N) is 1. The molecular weight excluding hydrogens is 686 g/mol. The molecule has 3 aromatic carbocycles. The van der Waals surface area contributed by atoms with Crippen molar-refractivity contribution in [3.63, 3.8) is 0 Å². The van der Waals surface area contributed by atoms with E-state index in [1.165, 1.54) is 12.3 Å². The smallest absolute Gasteiger partial charge is 0.165 e. The number of aliphatic hydroxyl groups is 1. The molecule has 55 heavy (non-hydrogen) atoms. The van der Waals surface area contributed by atoms with Crippen LogP contribution in [0.4, 0.5) is 4.39 Å². The molecule has 2 unspecified atom stereocenters. The molecule has 2 N–H and O–H groups in total. The van der Waals surface area contributed by atoms with E-state index in [-0.39, 0.29) is 33.1 Å². The second kappa shape index (κ2) is 17.8. The Balaban J connectivity index is 2.68. The normalized spacial score (nSPS) is 14.4. The summed E-state index contributed by atoms with van der Waals surface area (Å²) in [6.45, 7) is 36.1. The summed E-state index contributed by atoms with van der Waals surface area (Å²) in [5, 5.41) is 24.9. The average molecular weight is 760 g/mol. The molecule has 0 saturated carbocycles. The average Bonchev–Trinajstić information content (AvgIpc) is 3.07. The van der Waals surface area contributed by atoms with Crippen LogP contribution < -0.4 is 9.47 Å². The summed E-state index contributed by atoms with van der Waals surface area (Å²) >= 11 is 0. The monoisotopic (exact) mass is 760 g/mol. The Hall–Kier alpha value is -3.38. The van der Waals surface area contributed by atoms with Crippen molar-refractivity contribution in [1.82, 2.24) is 0 Å². The standard InChI is InChI=1S/C49H74FNO4/c1-17-20-25-54-42-36(45(5,6)7)27-34(28-37(42)46(8,9)10)49(53,44(32(4)19-3)51-31-33-23-22-24-40(50)41(33)52)35-29-38(47(11,12)13)43(55-26-21-18-2)39(30-35)48(14,15)16/h22-24,27-32,44,52-53H,17-21,25-26H2,1-16H3. The summed E-state index contributed by atoms with van der Waals surface area (Å²) in [6, 6.07) is 12.3. The topological polar surface area (TPSA) is 71.3 Å². The number of unbranched alkanes of at least 4 members (excludes halogenated alkanes) is 2. The number of rotatable bonds is 15. The van der Waals surface area contributed by atoms with Gasteiger partial charge in [0.1, 0.15) is 17.1 Å². The van der Waals surface area contributed by atoms with E-state index >= 15 is 0 Å². The van der Waals surface area contributed by atoms with Crippen molar-refractivity contribution in [2.75, 3.05) is 13.2 Å². The number of aromatic hydroxyl groups is 1. The van der Waals surface area contributed by atoms with Crippen LogP contribution in [0.5, 0.6) is 17.2 Å². The number of hydrogen-bond donors (Lipinski definition) is 2. The van der Waals surface area contributed by atoms with E-state index in [0.717, 1.165) is 70.6 Å². The lowest BCUT2D eigenvalue weighted by atomic mass is 9.68. The van der Waals surface area contributed by atoms with Crippen molar-refractivity contribution >= 4 is 6.21 Å². The van der Waals surface area contributed by atoms with Crippen molar-refractivity contribution in [3.05, 3.63) is 87.2 Å². The van der Waals surface area contributed by atoms with Gasteiger partial charge in [-0.3, -0.25) is 4.99 Å². The molecule has 5 nitrogen and oxygen atoms in total. The van der Waals surface area contributed by atoms with Crippen LogP contribution in [0, 0.1) is 11.7 Å². The number of phenolic OH excluding ortho intramolecular Hbond substituents is 1. The molecule has 0 amide bonds. The van der Waals surface area contributed by atoms with E-state index in [0.29, 0.717) is 19.6 Å². The molecule has 0 aliphatic heterocycles. The molecule has 6 heteroatoms. The Bertz CT molecular complexity index is 1600. The largest absolute Gasteiger partial charge is 0.504 e. The number of ether oxygens (including phenoxy) is 2. The van der Waals surface area contributed by atoms with E-state index in [1.54, 1.807) is 12.1 Å². The van der Waals surface area contributed by atoms with Crippen LogP contribution in [0.3, 0.4) is 0 Å². The molecule has 0 bridgehead atoms. The zero-order valence-electron chi connectivity index (χ0n) is 37.3. The maximum atomic E-state index is 14.6. The minimum Gasteiger partial charge on any atom is -0.504 e. The number of aliphatic imine (C=N–C) groups is 1. The van der Waals surface area contributed by atoms with E-state index in [4.69, 9.17) is 14.5 Å². The third kappa shape index (κ3) is 10.7. The number of hydrogen-bond acceptors (Lipinski definition) is 5. The van der Waals surface area contributed by atoms with Gasteiger partial charge in [0.2, 0.25) is 0 Å². The van der Waals surface area contributed by atoms with Gasteiger partial charge < -0.3 is 19.7 Å². The van der Waals surface area contributed by atoms with E-state index < -0.39 is 23.2 Å². The number of para-hydroxylation sites is 1. The van der Waals surface area contributed by atoms with Crippen molar-refractivity contribution in [3.8, 4) is 17.2 Å². The maximum absolute atomic E-state index is 14.6. The summed E-state index contributed by atoms with van der Waals surface area (Å²) in [5.41, 5.74) is 2.77. The quantitative estimate of drug-likeness (QED) is 0.120. The van der Waals surface area contributed by atoms with Gasteiger partial charge >= 0.3 is 0 Å². The number of halogens is 1. The van der Waals surface area contributed by atoms with Crippen molar-refractivity contribution in [1.29, 1.82) is 0 Å². The highest BCUT2D eigenvalue weighted by Crippen LogP contribution is 2.50. The third-order valence-corrected chi connectivity index (χ3v) is 10.8. The van der Waals surface area contributed by atoms with E-state index in [1.807, 2.05) is 0 Å². The van der Waals surface area contributed by atoms with E-state index in [9.17, 15) is 14.6 Å². The summed E-state index contributed by atoms with van der Waals surface area (Å²) in [7, 11) is 0. The number of benzene rings is 3. The minimum atomic E-state index is -1.68. The SMILES string of the molecule is CCCCOc1c(C(C)(C)C)cc(C(O)(c2cc(C(C)(C)C)c(OCCCC)c(C(C)(C)C)c2)C(N=Cc2cccc(F)c2O)C(C)CC)cc1C(C)(C)C. The Labute approximate surface area is 334 Å². The zero-order chi connectivity index (χ0) is 41.7. The van der Waals surface area contributed by atoms with Crippen LogP contribution in [0.1, 0.15) is 182 Å². The highest BCUT2D eigenvalue weighted by molar-refractivity contribution is 5.83. The van der Waals surface area contributed by atoms with Gasteiger partial charge in [0.15, 0.2) is 11.6 Å². The Morgan fingerprint density at radius 2 is 1.05 bits per heavy atom. The summed E-state index contributed by atoms with van der Waals surface area (Å²) in [4.78, 5) is 5.16. The highest BCUT2D eigenvalue weighted by Gasteiger charge is 2.46. The molecule has 0 fully saturated rings.